The third-order valence-electron chi connectivity index (χ3n) is 2.93. The molecular weight excluding hydrogens is 319 g/mol. The van der Waals surface area contributed by atoms with Crippen LogP contribution in [0.4, 0.5) is 0 Å². The van der Waals surface area contributed by atoms with Gasteiger partial charge in [-0.2, -0.15) is 0 Å². The zero-order valence-electron chi connectivity index (χ0n) is 11.0. The molecule has 1 atom stereocenters. The molecule has 2 aromatic carbocycles. The average molecular weight is 332 g/mol. The minimum absolute atomic E-state index is 0.448. The van der Waals surface area contributed by atoms with Crippen LogP contribution in [0.25, 0.3) is 0 Å². The summed E-state index contributed by atoms with van der Waals surface area (Å²) in [7, 11) is 3.17. The second-order valence-corrected chi connectivity index (χ2v) is 5.44. The summed E-state index contributed by atoms with van der Waals surface area (Å²) >= 11 is 18.6. The molecule has 0 saturated carbocycles. The van der Waals surface area contributed by atoms with Gasteiger partial charge in [0.25, 0.3) is 0 Å². The van der Waals surface area contributed by atoms with Crippen molar-refractivity contribution in [1.82, 2.24) is 0 Å². The molecule has 0 amide bonds. The fourth-order valence-electron chi connectivity index (χ4n) is 1.97. The molecule has 0 spiro atoms. The van der Waals surface area contributed by atoms with Gasteiger partial charge < -0.3 is 9.47 Å². The summed E-state index contributed by atoms with van der Waals surface area (Å²) in [6.45, 7) is 0. The van der Waals surface area contributed by atoms with Crippen LogP contribution in [0.1, 0.15) is 16.5 Å². The highest BCUT2D eigenvalue weighted by atomic mass is 35.5. The lowest BCUT2D eigenvalue weighted by Gasteiger charge is -2.17. The maximum atomic E-state index is 6.56. The lowest BCUT2D eigenvalue weighted by atomic mass is 10.0. The van der Waals surface area contributed by atoms with Gasteiger partial charge in [-0.3, -0.25) is 0 Å². The first kappa shape index (κ1) is 15.3. The van der Waals surface area contributed by atoms with Crippen LogP contribution in [0.5, 0.6) is 11.5 Å². The Morgan fingerprint density at radius 3 is 2.05 bits per heavy atom. The Morgan fingerprint density at radius 1 is 0.800 bits per heavy atom. The van der Waals surface area contributed by atoms with Crippen LogP contribution in [0.2, 0.25) is 10.0 Å². The number of halogens is 3. The molecule has 0 heterocycles. The van der Waals surface area contributed by atoms with Crippen LogP contribution in [-0.2, 0) is 0 Å². The highest BCUT2D eigenvalue weighted by molar-refractivity contribution is 6.31. The van der Waals surface area contributed by atoms with Crippen molar-refractivity contribution in [3.8, 4) is 11.5 Å². The van der Waals surface area contributed by atoms with Crippen molar-refractivity contribution in [3.63, 3.8) is 0 Å². The summed E-state index contributed by atoms with van der Waals surface area (Å²) in [6, 6.07) is 10.7. The first-order chi connectivity index (χ1) is 9.56. The Hall–Kier alpha value is -1.09. The third-order valence-corrected chi connectivity index (χ3v) is 3.87. The van der Waals surface area contributed by atoms with E-state index in [1.54, 1.807) is 44.6 Å². The molecule has 2 nitrogen and oxygen atoms in total. The normalized spacial score (nSPS) is 12.1. The van der Waals surface area contributed by atoms with E-state index in [1.165, 1.54) is 0 Å². The number of methoxy groups -OCH3 is 2. The van der Waals surface area contributed by atoms with Crippen LogP contribution in [-0.4, -0.2) is 14.2 Å². The van der Waals surface area contributed by atoms with Crippen molar-refractivity contribution in [2.75, 3.05) is 14.2 Å². The minimum Gasteiger partial charge on any atom is -0.496 e. The fraction of sp³-hybridized carbons (Fsp3) is 0.200. The van der Waals surface area contributed by atoms with Crippen LogP contribution >= 0.6 is 34.8 Å². The largest absolute Gasteiger partial charge is 0.496 e. The SMILES string of the molecule is COc1cc(Cl)ccc1C(Cl)c1cc(Cl)ccc1OC. The first-order valence-electron chi connectivity index (χ1n) is 5.87. The summed E-state index contributed by atoms with van der Waals surface area (Å²) < 4.78 is 10.7. The average Bonchev–Trinajstić information content (AvgIpc) is 2.46. The number of benzene rings is 2. The monoisotopic (exact) mass is 330 g/mol. The minimum atomic E-state index is -0.448. The van der Waals surface area contributed by atoms with Gasteiger partial charge in [0.15, 0.2) is 0 Å². The van der Waals surface area contributed by atoms with Crippen LogP contribution < -0.4 is 9.47 Å². The van der Waals surface area contributed by atoms with E-state index in [0.29, 0.717) is 21.5 Å². The van der Waals surface area contributed by atoms with Crippen LogP contribution in [0, 0.1) is 0 Å². The maximum Gasteiger partial charge on any atom is 0.125 e. The first-order valence-corrected chi connectivity index (χ1v) is 7.07. The van der Waals surface area contributed by atoms with E-state index in [0.717, 1.165) is 11.1 Å². The van der Waals surface area contributed by atoms with Gasteiger partial charge in [-0.05, 0) is 30.3 Å². The molecule has 0 radical (unpaired) electrons. The van der Waals surface area contributed by atoms with Crippen LogP contribution in [0.3, 0.4) is 0 Å². The van der Waals surface area contributed by atoms with Gasteiger partial charge in [-0.1, -0.05) is 29.3 Å². The van der Waals surface area contributed by atoms with E-state index >= 15 is 0 Å². The Morgan fingerprint density at radius 2 is 1.40 bits per heavy atom. The number of rotatable bonds is 4. The molecule has 1 unspecified atom stereocenters. The van der Waals surface area contributed by atoms with E-state index in [1.807, 2.05) is 6.07 Å². The topological polar surface area (TPSA) is 18.5 Å². The molecule has 0 aliphatic rings. The van der Waals surface area contributed by atoms with Gasteiger partial charge >= 0.3 is 0 Å². The standard InChI is InChI=1S/C15H13Cl3O2/c1-19-13-6-4-9(16)7-12(13)15(18)11-5-3-10(17)8-14(11)20-2/h3-8,15H,1-2H3. The third kappa shape index (κ3) is 3.14. The highest BCUT2D eigenvalue weighted by Crippen LogP contribution is 2.41. The molecule has 0 aliphatic heterocycles. The van der Waals surface area contributed by atoms with E-state index in [2.05, 4.69) is 0 Å². The van der Waals surface area contributed by atoms with E-state index in [9.17, 15) is 0 Å². The van der Waals surface area contributed by atoms with Crippen molar-refractivity contribution >= 4 is 34.8 Å². The number of hydrogen-bond acceptors (Lipinski definition) is 2. The van der Waals surface area contributed by atoms with Gasteiger partial charge in [0.2, 0.25) is 0 Å². The Bertz CT molecular complexity index is 614. The molecule has 0 N–H and O–H groups in total. The molecule has 106 valence electrons. The Balaban J connectivity index is 2.51. The molecular formula is C15H13Cl3O2. The Kier molecular flexibility index (Phi) is 5.03. The Labute approximate surface area is 133 Å². The molecule has 0 bridgehead atoms. The zero-order valence-corrected chi connectivity index (χ0v) is 13.3. The van der Waals surface area contributed by atoms with E-state index < -0.39 is 5.38 Å². The molecule has 0 saturated heterocycles. The number of alkyl halides is 1. The highest BCUT2D eigenvalue weighted by Gasteiger charge is 2.20. The van der Waals surface area contributed by atoms with Gasteiger partial charge in [-0.25, -0.2) is 0 Å². The summed E-state index contributed by atoms with van der Waals surface area (Å²) in [5, 5.41) is 0.739. The van der Waals surface area contributed by atoms with Crippen molar-refractivity contribution in [3.05, 3.63) is 57.6 Å². The van der Waals surface area contributed by atoms with Crippen molar-refractivity contribution in [1.29, 1.82) is 0 Å². The summed E-state index contributed by atoms with van der Waals surface area (Å²) in [4.78, 5) is 0. The molecule has 5 heteroatoms. The predicted octanol–water partition coefficient (Wildman–Crippen LogP) is 5.34. The van der Waals surface area contributed by atoms with Gasteiger partial charge in [-0.15, -0.1) is 11.6 Å². The second kappa shape index (κ2) is 6.57. The lowest BCUT2D eigenvalue weighted by Crippen LogP contribution is -2.00. The van der Waals surface area contributed by atoms with Crippen molar-refractivity contribution in [2.45, 2.75) is 5.38 Å². The van der Waals surface area contributed by atoms with Gasteiger partial charge in [0, 0.05) is 21.2 Å². The molecule has 2 aromatic rings. The predicted molar refractivity (Wildman–Crippen MR) is 83.7 cm³/mol. The number of ether oxygens (including phenoxy) is 2. The van der Waals surface area contributed by atoms with E-state index in [-0.39, 0.29) is 0 Å². The molecule has 2 rings (SSSR count). The summed E-state index contributed by atoms with van der Waals surface area (Å²) in [6.07, 6.45) is 0. The zero-order chi connectivity index (χ0) is 14.7. The summed E-state index contributed by atoms with van der Waals surface area (Å²) in [5.74, 6) is 1.30. The van der Waals surface area contributed by atoms with Crippen LogP contribution in [0.15, 0.2) is 36.4 Å². The molecule has 0 aromatic heterocycles. The quantitative estimate of drug-likeness (QED) is 0.704. The number of hydrogen-bond donors (Lipinski definition) is 0. The van der Waals surface area contributed by atoms with Gasteiger partial charge in [0.05, 0.1) is 19.6 Å². The molecule has 0 fully saturated rings. The van der Waals surface area contributed by atoms with Crippen molar-refractivity contribution < 1.29 is 9.47 Å². The van der Waals surface area contributed by atoms with E-state index in [4.69, 9.17) is 44.3 Å². The molecule has 0 aliphatic carbocycles. The van der Waals surface area contributed by atoms with Crippen molar-refractivity contribution in [2.24, 2.45) is 0 Å². The second-order valence-electron chi connectivity index (χ2n) is 4.14. The molecule has 20 heavy (non-hydrogen) atoms. The van der Waals surface area contributed by atoms with Gasteiger partial charge in [0.1, 0.15) is 11.5 Å². The smallest absolute Gasteiger partial charge is 0.125 e. The maximum absolute atomic E-state index is 6.56. The fourth-order valence-corrected chi connectivity index (χ4v) is 2.66. The summed E-state index contributed by atoms with van der Waals surface area (Å²) in [5.41, 5.74) is 1.58. The lowest BCUT2D eigenvalue weighted by molar-refractivity contribution is 0.404.